The Labute approximate surface area is 133 Å². The molecule has 0 aromatic heterocycles. The summed E-state index contributed by atoms with van der Waals surface area (Å²) in [5, 5.41) is 0. The Morgan fingerprint density at radius 1 is 0.500 bits per heavy atom. The number of hydrogen-bond acceptors (Lipinski definition) is 1. The molecule has 0 rings (SSSR count). The lowest BCUT2D eigenvalue weighted by Crippen LogP contribution is -2.73. The summed E-state index contributed by atoms with van der Waals surface area (Å²) < 4.78 is 192. The molecule has 0 aliphatic carbocycles. The maximum Gasteiger partial charge on any atom is 0.384 e. The van der Waals surface area contributed by atoms with Gasteiger partial charge in [0.1, 0.15) is 6.29 Å². The largest absolute Gasteiger partial charge is 0.384 e. The number of alkyl halides is 15. The molecule has 0 atom stereocenters. The lowest BCUT2D eigenvalue weighted by molar-refractivity contribution is -0.441. The van der Waals surface area contributed by atoms with Crippen LogP contribution in [-0.2, 0) is 4.79 Å². The molecule has 0 N–H and O–H groups in total. The van der Waals surface area contributed by atoms with Crippen molar-refractivity contribution in [2.75, 3.05) is 6.67 Å². The monoisotopic (exact) mass is 426 g/mol. The van der Waals surface area contributed by atoms with Crippen LogP contribution in [0.2, 0.25) is 0 Å². The number of aldehydes is 1. The summed E-state index contributed by atoms with van der Waals surface area (Å²) in [5.74, 6) is -52.9. The summed E-state index contributed by atoms with van der Waals surface area (Å²) in [6, 6.07) is 0. The third-order valence-corrected chi connectivity index (χ3v) is 3.00. The Morgan fingerprint density at radius 3 is 1.04 bits per heavy atom. The lowest BCUT2D eigenvalue weighted by Gasteiger charge is -2.42. The second-order valence-electron chi connectivity index (χ2n) is 4.79. The fraction of sp³-hybridized carbons (Fsp3) is 0.900. The Hall–Kier alpha value is -1.38. The average molecular weight is 426 g/mol. The molecule has 156 valence electrons. The van der Waals surface area contributed by atoms with Crippen molar-refractivity contribution in [3.05, 3.63) is 0 Å². The summed E-state index contributed by atoms with van der Waals surface area (Å²) in [5.41, 5.74) is 0. The molecule has 0 aromatic rings. The van der Waals surface area contributed by atoms with Crippen LogP contribution in [0, 0.1) is 0 Å². The van der Waals surface area contributed by atoms with E-state index in [4.69, 9.17) is 0 Å². The van der Waals surface area contributed by atoms with Gasteiger partial charge in [-0.25, -0.2) is 4.39 Å². The van der Waals surface area contributed by atoms with E-state index in [1.807, 2.05) is 0 Å². The Kier molecular flexibility index (Phi) is 6.01. The van der Waals surface area contributed by atoms with Gasteiger partial charge in [-0.1, -0.05) is 0 Å². The minimum atomic E-state index is -8.24. The summed E-state index contributed by atoms with van der Waals surface area (Å²) in [6.07, 6.45) is -4.15. The van der Waals surface area contributed by atoms with Crippen LogP contribution in [0.15, 0.2) is 0 Å². The van der Waals surface area contributed by atoms with Gasteiger partial charge < -0.3 is 4.79 Å². The summed E-state index contributed by atoms with van der Waals surface area (Å²) in [7, 11) is 0. The molecule has 0 aliphatic rings. The van der Waals surface area contributed by atoms with Crippen LogP contribution in [-0.4, -0.2) is 54.4 Å². The highest BCUT2D eigenvalue weighted by Crippen LogP contribution is 2.62. The normalized spacial score (nSPS) is 16.0. The van der Waals surface area contributed by atoms with Gasteiger partial charge in [-0.2, -0.15) is 61.5 Å². The van der Waals surface area contributed by atoms with Gasteiger partial charge in [0, 0.05) is 0 Å². The first-order valence-corrected chi connectivity index (χ1v) is 5.76. The van der Waals surface area contributed by atoms with Crippen molar-refractivity contribution in [1.29, 1.82) is 0 Å². The van der Waals surface area contributed by atoms with E-state index in [-0.39, 0.29) is 0 Å². The van der Waals surface area contributed by atoms with Gasteiger partial charge >= 0.3 is 41.5 Å². The zero-order chi connectivity index (χ0) is 21.6. The summed E-state index contributed by atoms with van der Waals surface area (Å²) >= 11 is 0. The highest BCUT2D eigenvalue weighted by molar-refractivity contribution is 5.51. The second-order valence-corrected chi connectivity index (χ2v) is 4.79. The van der Waals surface area contributed by atoms with Crippen LogP contribution in [0.25, 0.3) is 0 Å². The standard InChI is InChI=1S/C10H5F15O/c11-3-5(14,15)7(18,19)9(22,23)10(24,25)8(20,21)6(16,17)4(12,13)1-2-26/h2H,1,3H2. The minimum absolute atomic E-state index is 1.22. The van der Waals surface area contributed by atoms with Gasteiger partial charge in [0.25, 0.3) is 0 Å². The molecule has 0 bridgehead atoms. The first-order chi connectivity index (χ1) is 11.1. The van der Waals surface area contributed by atoms with Crippen LogP contribution in [0.4, 0.5) is 65.9 Å². The Balaban J connectivity index is 6.49. The summed E-state index contributed by atoms with van der Waals surface area (Å²) in [4.78, 5) is 9.72. The maximum atomic E-state index is 13.1. The molecular formula is C10H5F15O. The van der Waals surface area contributed by atoms with E-state index in [0.717, 1.165) is 0 Å². The van der Waals surface area contributed by atoms with Crippen LogP contribution in [0.5, 0.6) is 0 Å². The van der Waals surface area contributed by atoms with Gasteiger partial charge in [0.2, 0.25) is 0 Å². The molecule has 1 nitrogen and oxygen atoms in total. The Morgan fingerprint density at radius 2 is 0.769 bits per heavy atom. The quantitative estimate of drug-likeness (QED) is 0.375. The highest BCUT2D eigenvalue weighted by Gasteiger charge is 2.92. The predicted octanol–water partition coefficient (Wildman–Crippen LogP) is 4.99. The van der Waals surface area contributed by atoms with Crippen molar-refractivity contribution in [3.8, 4) is 0 Å². The molecule has 0 unspecified atom stereocenters. The van der Waals surface area contributed by atoms with E-state index in [0.29, 0.717) is 0 Å². The van der Waals surface area contributed by atoms with E-state index in [9.17, 15) is 70.7 Å². The van der Waals surface area contributed by atoms with Crippen molar-refractivity contribution in [2.24, 2.45) is 0 Å². The van der Waals surface area contributed by atoms with Crippen molar-refractivity contribution in [1.82, 2.24) is 0 Å². The third-order valence-electron chi connectivity index (χ3n) is 3.00. The molecule has 0 saturated carbocycles. The first kappa shape index (κ1) is 24.6. The maximum absolute atomic E-state index is 13.1. The number of carbonyl (C=O) groups excluding carboxylic acids is 1. The molecule has 0 amide bonds. The number of rotatable bonds is 9. The van der Waals surface area contributed by atoms with E-state index in [1.165, 1.54) is 0 Å². The molecule has 0 fully saturated rings. The van der Waals surface area contributed by atoms with Crippen molar-refractivity contribution >= 4 is 6.29 Å². The average Bonchev–Trinajstić information content (AvgIpc) is 2.45. The van der Waals surface area contributed by atoms with E-state index in [2.05, 4.69) is 0 Å². The minimum Gasteiger partial charge on any atom is -0.303 e. The number of halogens is 15. The molecule has 0 aromatic carbocycles. The van der Waals surface area contributed by atoms with Gasteiger partial charge in [-0.15, -0.1) is 0 Å². The van der Waals surface area contributed by atoms with Crippen LogP contribution in [0.3, 0.4) is 0 Å². The highest BCUT2D eigenvalue weighted by atomic mass is 19.4. The molecule has 0 aliphatic heterocycles. The van der Waals surface area contributed by atoms with Gasteiger partial charge in [0.05, 0.1) is 6.42 Å². The summed E-state index contributed by atoms with van der Waals surface area (Å²) in [6.45, 7) is -3.81. The van der Waals surface area contributed by atoms with Gasteiger partial charge in [-0.3, -0.25) is 0 Å². The first-order valence-electron chi connectivity index (χ1n) is 5.76. The lowest BCUT2D eigenvalue weighted by atomic mass is 9.89. The number of hydrogen-bond donors (Lipinski definition) is 0. The molecule has 0 heterocycles. The molecule has 16 heteroatoms. The second kappa shape index (κ2) is 6.35. The SMILES string of the molecule is O=CCC(F)(F)C(F)(F)C(F)(F)C(F)(F)C(F)(F)C(F)(F)C(F)(F)CF. The van der Waals surface area contributed by atoms with E-state index in [1.54, 1.807) is 0 Å². The van der Waals surface area contributed by atoms with E-state index >= 15 is 0 Å². The predicted molar refractivity (Wildman–Crippen MR) is 51.3 cm³/mol. The van der Waals surface area contributed by atoms with Gasteiger partial charge in [0.15, 0.2) is 6.67 Å². The van der Waals surface area contributed by atoms with E-state index < -0.39 is 60.8 Å². The van der Waals surface area contributed by atoms with Crippen molar-refractivity contribution < 1.29 is 70.7 Å². The van der Waals surface area contributed by atoms with Crippen molar-refractivity contribution in [2.45, 2.75) is 47.9 Å². The van der Waals surface area contributed by atoms with Crippen LogP contribution >= 0.6 is 0 Å². The topological polar surface area (TPSA) is 17.1 Å². The third kappa shape index (κ3) is 2.97. The zero-order valence-electron chi connectivity index (χ0n) is 11.6. The van der Waals surface area contributed by atoms with Crippen LogP contribution in [0.1, 0.15) is 6.42 Å². The molecule has 26 heavy (non-hydrogen) atoms. The smallest absolute Gasteiger partial charge is 0.303 e. The van der Waals surface area contributed by atoms with Crippen LogP contribution < -0.4 is 0 Å². The fourth-order valence-electron chi connectivity index (χ4n) is 1.37. The fourth-order valence-corrected chi connectivity index (χ4v) is 1.37. The zero-order valence-corrected chi connectivity index (χ0v) is 11.6. The molecule has 0 radical (unpaired) electrons. The Bertz CT molecular complexity index is 523. The molecule has 0 saturated heterocycles. The van der Waals surface area contributed by atoms with Gasteiger partial charge in [-0.05, 0) is 0 Å². The molecular weight excluding hydrogens is 421 g/mol. The number of carbonyl (C=O) groups is 1. The molecule has 0 spiro atoms. The van der Waals surface area contributed by atoms with Crippen molar-refractivity contribution in [3.63, 3.8) is 0 Å².